The van der Waals surface area contributed by atoms with Crippen LogP contribution in [0.3, 0.4) is 0 Å². The second-order valence-electron chi connectivity index (χ2n) is 6.47. The van der Waals surface area contributed by atoms with Gasteiger partial charge < -0.3 is 9.47 Å². The van der Waals surface area contributed by atoms with Crippen LogP contribution in [-0.2, 0) is 4.79 Å². The first kappa shape index (κ1) is 20.5. The minimum absolute atomic E-state index is 0.0552. The summed E-state index contributed by atoms with van der Waals surface area (Å²) in [6.45, 7) is 4.29. The minimum atomic E-state index is -0.340. The van der Waals surface area contributed by atoms with Crippen LogP contribution in [0.5, 0.6) is 11.5 Å². The van der Waals surface area contributed by atoms with Crippen LogP contribution < -0.4 is 9.47 Å². The van der Waals surface area contributed by atoms with Gasteiger partial charge >= 0.3 is 0 Å². The number of ether oxygens (including phenoxy) is 2. The van der Waals surface area contributed by atoms with Crippen LogP contribution >= 0.6 is 11.8 Å². The van der Waals surface area contributed by atoms with Gasteiger partial charge in [-0.05, 0) is 66.6 Å². The fourth-order valence-corrected chi connectivity index (χ4v) is 3.63. The highest BCUT2D eigenvalue weighted by Gasteiger charge is 2.34. The molecule has 0 bridgehead atoms. The van der Waals surface area contributed by atoms with E-state index < -0.39 is 0 Å². The molecule has 0 aromatic heterocycles. The van der Waals surface area contributed by atoms with Crippen molar-refractivity contribution in [1.82, 2.24) is 4.90 Å². The number of hydrogen-bond acceptors (Lipinski definition) is 6. The third-order valence-electron chi connectivity index (χ3n) is 4.25. The van der Waals surface area contributed by atoms with E-state index in [0.29, 0.717) is 10.7 Å². The van der Waals surface area contributed by atoms with E-state index in [-0.39, 0.29) is 30.9 Å². The van der Waals surface area contributed by atoms with E-state index in [2.05, 4.69) is 0 Å². The zero-order valence-electron chi connectivity index (χ0n) is 16.2. The number of hydrogen-bond donors (Lipinski definition) is 0. The van der Waals surface area contributed by atoms with Gasteiger partial charge in [0, 0.05) is 0 Å². The van der Waals surface area contributed by atoms with Gasteiger partial charge in [0.05, 0.1) is 11.4 Å². The third-order valence-corrected chi connectivity index (χ3v) is 5.16. The summed E-state index contributed by atoms with van der Waals surface area (Å²) >= 11 is 0.902. The first-order valence-corrected chi connectivity index (χ1v) is 9.85. The summed E-state index contributed by atoms with van der Waals surface area (Å²) in [5.74, 6) is 0.941. The van der Waals surface area contributed by atoms with Crippen LogP contribution in [0.25, 0.3) is 6.08 Å². The second-order valence-corrected chi connectivity index (χ2v) is 7.46. The maximum Gasteiger partial charge on any atom is 0.293 e. The number of imide groups is 1. The standard InChI is InChI=1S/C22H20N2O4S/c1-15-6-7-16(2)19(12-15)28-11-9-24-21(25)20(29-22(24)26)14-17-4-3-5-18(13-17)27-10-8-23/h3-7,12-14H,9-11H2,1-2H3/b20-14-. The first-order valence-electron chi connectivity index (χ1n) is 9.03. The molecule has 0 radical (unpaired) electrons. The maximum absolute atomic E-state index is 12.6. The molecule has 148 valence electrons. The van der Waals surface area contributed by atoms with Gasteiger partial charge in [-0.2, -0.15) is 5.26 Å². The van der Waals surface area contributed by atoms with Gasteiger partial charge in [0.2, 0.25) is 0 Å². The molecule has 0 N–H and O–H groups in total. The molecule has 0 unspecified atom stereocenters. The highest BCUT2D eigenvalue weighted by Crippen LogP contribution is 2.32. The molecule has 6 nitrogen and oxygen atoms in total. The van der Waals surface area contributed by atoms with Crippen LogP contribution in [-0.4, -0.2) is 35.8 Å². The van der Waals surface area contributed by atoms with Crippen LogP contribution in [0.1, 0.15) is 16.7 Å². The Bertz CT molecular complexity index is 1010. The molecule has 2 amide bonds. The number of benzene rings is 2. The fraction of sp³-hybridized carbons (Fsp3) is 0.227. The van der Waals surface area contributed by atoms with E-state index in [4.69, 9.17) is 14.7 Å². The quantitative estimate of drug-likeness (QED) is 0.635. The van der Waals surface area contributed by atoms with Gasteiger partial charge in [0.15, 0.2) is 6.61 Å². The average Bonchev–Trinajstić information content (AvgIpc) is 2.96. The molecule has 1 aliphatic heterocycles. The molecule has 1 fully saturated rings. The topological polar surface area (TPSA) is 79.6 Å². The predicted octanol–water partition coefficient (Wildman–Crippen LogP) is 4.32. The zero-order valence-corrected chi connectivity index (χ0v) is 17.0. The lowest BCUT2D eigenvalue weighted by Crippen LogP contribution is -2.32. The number of carbonyl (C=O) groups excluding carboxylic acids is 2. The van der Waals surface area contributed by atoms with Gasteiger partial charge in [-0.3, -0.25) is 14.5 Å². The average molecular weight is 408 g/mol. The number of nitriles is 1. The van der Waals surface area contributed by atoms with Crippen molar-refractivity contribution in [3.05, 3.63) is 64.1 Å². The van der Waals surface area contributed by atoms with E-state index in [1.165, 1.54) is 4.90 Å². The van der Waals surface area contributed by atoms with Crippen molar-refractivity contribution < 1.29 is 19.1 Å². The van der Waals surface area contributed by atoms with Crippen LogP contribution in [0.15, 0.2) is 47.4 Å². The number of carbonyl (C=O) groups is 2. The predicted molar refractivity (Wildman–Crippen MR) is 112 cm³/mol. The van der Waals surface area contributed by atoms with Crippen molar-refractivity contribution in [2.45, 2.75) is 13.8 Å². The number of amides is 2. The SMILES string of the molecule is Cc1ccc(C)c(OCCN2C(=O)S/C(=C\c3cccc(OCC#N)c3)C2=O)c1. The molecule has 7 heteroatoms. The summed E-state index contributed by atoms with van der Waals surface area (Å²) in [5.41, 5.74) is 2.81. The highest BCUT2D eigenvalue weighted by atomic mass is 32.2. The molecule has 1 saturated heterocycles. The number of rotatable bonds is 7. The van der Waals surface area contributed by atoms with Crippen LogP contribution in [0.2, 0.25) is 0 Å². The Morgan fingerprint density at radius 2 is 1.97 bits per heavy atom. The molecular weight excluding hydrogens is 388 g/mol. The van der Waals surface area contributed by atoms with Gasteiger partial charge in [0.1, 0.15) is 24.2 Å². The van der Waals surface area contributed by atoms with Crippen LogP contribution in [0.4, 0.5) is 4.79 Å². The Morgan fingerprint density at radius 3 is 2.76 bits per heavy atom. The summed E-state index contributed by atoms with van der Waals surface area (Å²) in [4.78, 5) is 26.4. The van der Waals surface area contributed by atoms with Crippen molar-refractivity contribution in [2.75, 3.05) is 19.8 Å². The summed E-state index contributed by atoms with van der Waals surface area (Å²) < 4.78 is 11.0. The lowest BCUT2D eigenvalue weighted by molar-refractivity contribution is -0.123. The molecule has 0 aliphatic carbocycles. The largest absolute Gasteiger partial charge is 0.491 e. The number of nitrogens with zero attached hydrogens (tertiary/aromatic N) is 2. The van der Waals surface area contributed by atoms with Crippen LogP contribution in [0, 0.1) is 25.2 Å². The number of thioether (sulfide) groups is 1. The minimum Gasteiger partial charge on any atom is -0.491 e. The normalized spacial score (nSPS) is 14.9. The molecule has 29 heavy (non-hydrogen) atoms. The Morgan fingerprint density at radius 1 is 1.14 bits per heavy atom. The monoisotopic (exact) mass is 408 g/mol. The van der Waals surface area contributed by atoms with Crippen molar-refractivity contribution in [3.8, 4) is 17.6 Å². The van der Waals surface area contributed by atoms with E-state index >= 15 is 0 Å². The lowest BCUT2D eigenvalue weighted by atomic mass is 10.1. The molecule has 1 heterocycles. The van der Waals surface area contributed by atoms with Gasteiger partial charge in [-0.1, -0.05) is 24.3 Å². The third kappa shape index (κ3) is 5.18. The lowest BCUT2D eigenvalue weighted by Gasteiger charge is -2.14. The smallest absolute Gasteiger partial charge is 0.293 e. The zero-order chi connectivity index (χ0) is 20.8. The molecule has 3 rings (SSSR count). The molecule has 0 saturated carbocycles. The Balaban J connectivity index is 1.64. The molecule has 0 atom stereocenters. The highest BCUT2D eigenvalue weighted by molar-refractivity contribution is 8.18. The Kier molecular flexibility index (Phi) is 6.57. The van der Waals surface area contributed by atoms with Gasteiger partial charge in [-0.15, -0.1) is 0 Å². The van der Waals surface area contributed by atoms with E-state index in [9.17, 15) is 9.59 Å². The van der Waals surface area contributed by atoms with E-state index in [1.807, 2.05) is 38.1 Å². The Hall–Kier alpha value is -3.24. The van der Waals surface area contributed by atoms with Crippen molar-refractivity contribution >= 4 is 29.0 Å². The first-order chi connectivity index (χ1) is 14.0. The molecule has 2 aromatic carbocycles. The van der Waals surface area contributed by atoms with E-state index in [0.717, 1.165) is 34.2 Å². The maximum atomic E-state index is 12.6. The van der Waals surface area contributed by atoms with E-state index in [1.54, 1.807) is 30.3 Å². The second kappa shape index (κ2) is 9.30. The number of aryl methyl sites for hydroxylation is 2. The fourth-order valence-electron chi connectivity index (χ4n) is 2.76. The van der Waals surface area contributed by atoms with Gasteiger partial charge in [0.25, 0.3) is 11.1 Å². The van der Waals surface area contributed by atoms with Crippen molar-refractivity contribution in [2.24, 2.45) is 0 Å². The summed E-state index contributed by atoms with van der Waals surface area (Å²) in [5, 5.41) is 8.29. The molecule has 2 aromatic rings. The van der Waals surface area contributed by atoms with Gasteiger partial charge in [-0.25, -0.2) is 0 Å². The summed E-state index contributed by atoms with van der Waals surface area (Å²) in [6, 6.07) is 14.8. The Labute approximate surface area is 173 Å². The molecular formula is C22H20N2O4S. The van der Waals surface area contributed by atoms with Crippen molar-refractivity contribution in [3.63, 3.8) is 0 Å². The molecule has 1 aliphatic rings. The molecule has 0 spiro atoms. The van der Waals surface area contributed by atoms with Crippen molar-refractivity contribution in [1.29, 1.82) is 5.26 Å². The summed E-state index contributed by atoms with van der Waals surface area (Å²) in [6.07, 6.45) is 1.65. The summed E-state index contributed by atoms with van der Waals surface area (Å²) in [7, 11) is 0.